The van der Waals surface area contributed by atoms with E-state index in [9.17, 15) is 14.3 Å². The van der Waals surface area contributed by atoms with Crippen LogP contribution in [0.4, 0.5) is 4.39 Å². The number of hydrogen-bond donors (Lipinski definition) is 1. The van der Waals surface area contributed by atoms with E-state index in [1.165, 1.54) is 33.8 Å². The van der Waals surface area contributed by atoms with Gasteiger partial charge in [-0.15, -0.1) is 0 Å². The summed E-state index contributed by atoms with van der Waals surface area (Å²) in [6.45, 7) is 0. The van der Waals surface area contributed by atoms with Crippen molar-refractivity contribution in [2.75, 3.05) is 0 Å². The largest absolute Gasteiger partial charge is 0.478 e. The third-order valence-corrected chi connectivity index (χ3v) is 3.08. The van der Waals surface area contributed by atoms with Gasteiger partial charge in [-0.1, -0.05) is 6.07 Å². The zero-order valence-electron chi connectivity index (χ0n) is 11.1. The van der Waals surface area contributed by atoms with Crippen molar-refractivity contribution in [1.82, 2.24) is 19.6 Å². The lowest BCUT2D eigenvalue weighted by molar-refractivity contribution is 0.0697. The highest BCUT2D eigenvalue weighted by molar-refractivity contribution is 5.94. The molecule has 3 aromatic rings. The van der Waals surface area contributed by atoms with Gasteiger partial charge in [0, 0.05) is 19.4 Å². The molecule has 1 aromatic carbocycles. The highest BCUT2D eigenvalue weighted by Crippen LogP contribution is 2.23. The zero-order valence-corrected chi connectivity index (χ0v) is 11.1. The lowest BCUT2D eigenvalue weighted by Gasteiger charge is -2.01. The summed E-state index contributed by atoms with van der Waals surface area (Å²) < 4.78 is 16.2. The van der Waals surface area contributed by atoms with Crippen LogP contribution in [0.25, 0.3) is 17.1 Å². The summed E-state index contributed by atoms with van der Waals surface area (Å²) in [5, 5.41) is 17.6. The van der Waals surface area contributed by atoms with Gasteiger partial charge in [-0.05, 0) is 24.3 Å². The van der Waals surface area contributed by atoms with Crippen LogP contribution in [0.3, 0.4) is 0 Å². The molecule has 3 rings (SSSR count). The van der Waals surface area contributed by atoms with Crippen LogP contribution in [0.15, 0.2) is 42.7 Å². The Morgan fingerprint density at radius 1 is 1.33 bits per heavy atom. The SMILES string of the molecule is Cn1nccc1-c1nn(-c2cccc(F)c2)cc1C(=O)O. The monoisotopic (exact) mass is 286 g/mol. The van der Waals surface area contributed by atoms with Crippen LogP contribution in [0, 0.1) is 5.82 Å². The van der Waals surface area contributed by atoms with Crippen molar-refractivity contribution in [3.63, 3.8) is 0 Å². The van der Waals surface area contributed by atoms with Crippen molar-refractivity contribution >= 4 is 5.97 Å². The predicted molar refractivity (Wildman–Crippen MR) is 72.7 cm³/mol. The quantitative estimate of drug-likeness (QED) is 0.800. The molecule has 0 aliphatic carbocycles. The smallest absolute Gasteiger partial charge is 0.339 e. The zero-order chi connectivity index (χ0) is 15.0. The first kappa shape index (κ1) is 13.0. The van der Waals surface area contributed by atoms with Crippen molar-refractivity contribution in [2.45, 2.75) is 0 Å². The minimum Gasteiger partial charge on any atom is -0.478 e. The van der Waals surface area contributed by atoms with Crippen LogP contribution in [0.2, 0.25) is 0 Å². The lowest BCUT2D eigenvalue weighted by atomic mass is 10.2. The number of carboxylic acid groups (broad SMARTS) is 1. The van der Waals surface area contributed by atoms with Crippen LogP contribution >= 0.6 is 0 Å². The van der Waals surface area contributed by atoms with Crippen LogP contribution in [0.5, 0.6) is 0 Å². The fourth-order valence-electron chi connectivity index (χ4n) is 2.08. The molecule has 0 fully saturated rings. The molecule has 0 amide bonds. The Labute approximate surface area is 119 Å². The Morgan fingerprint density at radius 2 is 2.14 bits per heavy atom. The molecular formula is C14H11FN4O2. The summed E-state index contributed by atoms with van der Waals surface area (Å²) in [4.78, 5) is 11.4. The number of nitrogens with zero attached hydrogens (tertiary/aromatic N) is 4. The van der Waals surface area contributed by atoms with E-state index < -0.39 is 11.8 Å². The maximum Gasteiger partial charge on any atom is 0.339 e. The molecule has 2 heterocycles. The molecule has 1 N–H and O–H groups in total. The molecule has 0 unspecified atom stereocenters. The summed E-state index contributed by atoms with van der Waals surface area (Å²) >= 11 is 0. The van der Waals surface area contributed by atoms with Gasteiger partial charge >= 0.3 is 5.97 Å². The Kier molecular flexibility index (Phi) is 3.02. The highest BCUT2D eigenvalue weighted by Gasteiger charge is 2.20. The van der Waals surface area contributed by atoms with Gasteiger partial charge in [-0.3, -0.25) is 4.68 Å². The third kappa shape index (κ3) is 2.29. The van der Waals surface area contributed by atoms with Crippen LogP contribution in [-0.2, 0) is 7.05 Å². The molecule has 0 atom stereocenters. The summed E-state index contributed by atoms with van der Waals surface area (Å²) in [5.74, 6) is -1.52. The summed E-state index contributed by atoms with van der Waals surface area (Å²) in [5.41, 5.74) is 1.34. The maximum atomic E-state index is 13.3. The molecule has 0 bridgehead atoms. The molecule has 6 nitrogen and oxygen atoms in total. The van der Waals surface area contributed by atoms with Gasteiger partial charge in [0.25, 0.3) is 0 Å². The standard InChI is InChI=1S/C14H11FN4O2/c1-18-12(5-6-16-18)13-11(14(20)21)8-19(17-13)10-4-2-3-9(15)7-10/h2-8H,1H3,(H,20,21). The molecule has 0 saturated carbocycles. The molecule has 21 heavy (non-hydrogen) atoms. The summed E-state index contributed by atoms with van der Waals surface area (Å²) in [7, 11) is 1.70. The van der Waals surface area contributed by atoms with Gasteiger partial charge in [-0.2, -0.15) is 10.2 Å². The number of halogens is 1. The number of carboxylic acids is 1. The van der Waals surface area contributed by atoms with Crippen molar-refractivity contribution in [3.8, 4) is 17.1 Å². The molecule has 2 aromatic heterocycles. The first-order valence-electron chi connectivity index (χ1n) is 6.13. The Morgan fingerprint density at radius 3 is 2.76 bits per heavy atom. The first-order chi connectivity index (χ1) is 10.1. The number of aryl methyl sites for hydroxylation is 1. The van der Waals surface area contributed by atoms with Crippen molar-refractivity contribution in [1.29, 1.82) is 0 Å². The van der Waals surface area contributed by atoms with E-state index in [1.807, 2.05) is 0 Å². The lowest BCUT2D eigenvalue weighted by Crippen LogP contribution is -2.00. The van der Waals surface area contributed by atoms with E-state index in [0.29, 0.717) is 11.4 Å². The van der Waals surface area contributed by atoms with Gasteiger partial charge < -0.3 is 5.11 Å². The fourth-order valence-corrected chi connectivity index (χ4v) is 2.08. The average molecular weight is 286 g/mol. The minimum atomic E-state index is -1.10. The molecule has 0 saturated heterocycles. The van der Waals surface area contributed by atoms with Gasteiger partial charge in [0.15, 0.2) is 0 Å². The minimum absolute atomic E-state index is 0.0304. The van der Waals surface area contributed by atoms with E-state index in [0.717, 1.165) is 0 Å². The summed E-state index contributed by atoms with van der Waals surface area (Å²) in [6.07, 6.45) is 2.92. The van der Waals surface area contributed by atoms with Gasteiger partial charge in [0.05, 0.1) is 11.4 Å². The molecule has 106 valence electrons. The molecule has 0 radical (unpaired) electrons. The third-order valence-electron chi connectivity index (χ3n) is 3.08. The van der Waals surface area contributed by atoms with Crippen molar-refractivity contribution in [2.24, 2.45) is 7.05 Å². The van der Waals surface area contributed by atoms with E-state index in [2.05, 4.69) is 10.2 Å². The number of rotatable bonds is 3. The highest BCUT2D eigenvalue weighted by atomic mass is 19.1. The molecule has 7 heteroatoms. The van der Waals surface area contributed by atoms with Gasteiger partial charge in [0.1, 0.15) is 17.1 Å². The van der Waals surface area contributed by atoms with Gasteiger partial charge in [-0.25, -0.2) is 13.9 Å². The number of carbonyl (C=O) groups is 1. The second kappa shape index (κ2) is 4.86. The van der Waals surface area contributed by atoms with E-state index in [4.69, 9.17) is 0 Å². The topological polar surface area (TPSA) is 72.9 Å². The van der Waals surface area contributed by atoms with E-state index in [-0.39, 0.29) is 11.3 Å². The van der Waals surface area contributed by atoms with Crippen LogP contribution in [-0.4, -0.2) is 30.6 Å². The first-order valence-corrected chi connectivity index (χ1v) is 6.13. The maximum absolute atomic E-state index is 13.3. The van der Waals surface area contributed by atoms with Crippen molar-refractivity contribution in [3.05, 3.63) is 54.1 Å². The molecule has 0 aliphatic heterocycles. The Balaban J connectivity index is 2.18. The molecule has 0 aliphatic rings. The predicted octanol–water partition coefficient (Wildman–Crippen LogP) is 2.11. The number of benzene rings is 1. The number of hydrogen-bond acceptors (Lipinski definition) is 3. The molecule has 0 spiro atoms. The van der Waals surface area contributed by atoms with E-state index in [1.54, 1.807) is 25.4 Å². The second-order valence-electron chi connectivity index (χ2n) is 4.46. The van der Waals surface area contributed by atoms with Gasteiger partial charge in [0.2, 0.25) is 0 Å². The number of aromatic nitrogens is 4. The Hall–Kier alpha value is -2.96. The second-order valence-corrected chi connectivity index (χ2v) is 4.46. The fraction of sp³-hybridized carbons (Fsp3) is 0.0714. The number of aromatic carboxylic acids is 1. The van der Waals surface area contributed by atoms with E-state index >= 15 is 0 Å². The van der Waals surface area contributed by atoms with Crippen LogP contribution < -0.4 is 0 Å². The molecular weight excluding hydrogens is 275 g/mol. The van der Waals surface area contributed by atoms with Crippen molar-refractivity contribution < 1.29 is 14.3 Å². The van der Waals surface area contributed by atoms with Crippen LogP contribution in [0.1, 0.15) is 10.4 Å². The Bertz CT molecular complexity index is 822. The summed E-state index contributed by atoms with van der Waals surface area (Å²) in [6, 6.07) is 7.45. The normalized spacial score (nSPS) is 10.8. The average Bonchev–Trinajstić information content (AvgIpc) is 3.04.